The van der Waals surface area contributed by atoms with Crippen LogP contribution in [-0.2, 0) is 0 Å². The third-order valence-corrected chi connectivity index (χ3v) is 4.44. The first-order chi connectivity index (χ1) is 9.52. The van der Waals surface area contributed by atoms with Crippen molar-refractivity contribution in [2.75, 3.05) is 0 Å². The van der Waals surface area contributed by atoms with Gasteiger partial charge in [-0.25, -0.2) is 4.39 Å². The summed E-state index contributed by atoms with van der Waals surface area (Å²) in [5.74, 6) is 0.115. The molecule has 3 heteroatoms. The third kappa shape index (κ3) is 3.34. The smallest absolute Gasteiger partial charge is 0.141 e. The van der Waals surface area contributed by atoms with Gasteiger partial charge in [-0.3, -0.25) is 0 Å². The second-order valence-electron chi connectivity index (χ2n) is 5.01. The Balaban J connectivity index is 2.24. The number of halogens is 3. The van der Waals surface area contributed by atoms with Crippen LogP contribution in [0.25, 0.3) is 0 Å². The predicted molar refractivity (Wildman–Crippen MR) is 84.3 cm³/mol. The van der Waals surface area contributed by atoms with E-state index in [4.69, 9.17) is 23.2 Å². The largest absolute Gasteiger partial charge is 0.205 e. The lowest BCUT2D eigenvalue weighted by Crippen LogP contribution is -1.96. The van der Waals surface area contributed by atoms with Crippen molar-refractivity contribution in [2.45, 2.75) is 31.6 Å². The van der Waals surface area contributed by atoms with Crippen LogP contribution in [0.2, 0.25) is 5.02 Å². The lowest BCUT2D eigenvalue weighted by Gasteiger charge is -2.14. The molecule has 0 fully saturated rings. The fraction of sp³-hybridized carbons (Fsp3) is 0.294. The van der Waals surface area contributed by atoms with Gasteiger partial charge >= 0.3 is 0 Å². The van der Waals surface area contributed by atoms with Crippen molar-refractivity contribution >= 4 is 23.2 Å². The molecule has 20 heavy (non-hydrogen) atoms. The summed E-state index contributed by atoms with van der Waals surface area (Å²) in [6.45, 7) is 4.37. The first kappa shape index (κ1) is 15.3. The van der Waals surface area contributed by atoms with Crippen LogP contribution < -0.4 is 0 Å². The Morgan fingerprint density at radius 2 is 1.55 bits per heavy atom. The summed E-state index contributed by atoms with van der Waals surface area (Å²) in [7, 11) is 0. The van der Waals surface area contributed by atoms with Crippen molar-refractivity contribution in [3.63, 3.8) is 0 Å². The molecule has 2 unspecified atom stereocenters. The van der Waals surface area contributed by atoms with Gasteiger partial charge in [0, 0.05) is 0 Å². The molecule has 0 aliphatic rings. The van der Waals surface area contributed by atoms with E-state index in [0.29, 0.717) is 5.92 Å². The molecule has 0 radical (unpaired) electrons. The zero-order valence-electron chi connectivity index (χ0n) is 11.5. The Morgan fingerprint density at radius 1 is 1.00 bits per heavy atom. The molecule has 0 spiro atoms. The predicted octanol–water partition coefficient (Wildman–Crippen LogP) is 6.32. The number of hydrogen-bond donors (Lipinski definition) is 0. The molecule has 2 atom stereocenters. The summed E-state index contributed by atoms with van der Waals surface area (Å²) in [5.41, 5.74) is 3.09. The van der Waals surface area contributed by atoms with Crippen molar-refractivity contribution in [3.8, 4) is 0 Å². The van der Waals surface area contributed by atoms with Crippen molar-refractivity contribution in [1.82, 2.24) is 0 Å². The summed E-state index contributed by atoms with van der Waals surface area (Å²) in [6.07, 6.45) is 1.11. The number of rotatable bonds is 4. The Hall–Kier alpha value is -1.05. The van der Waals surface area contributed by atoms with Crippen LogP contribution in [0.15, 0.2) is 42.5 Å². The Bertz CT molecular complexity index is 578. The van der Waals surface area contributed by atoms with Gasteiger partial charge in [0.1, 0.15) is 5.82 Å². The second kappa shape index (κ2) is 6.60. The van der Waals surface area contributed by atoms with Crippen molar-refractivity contribution in [2.24, 2.45) is 0 Å². The van der Waals surface area contributed by atoms with Gasteiger partial charge in [0.05, 0.1) is 10.4 Å². The molecule has 0 amide bonds. The lowest BCUT2D eigenvalue weighted by molar-refractivity contribution is 0.627. The van der Waals surface area contributed by atoms with Gasteiger partial charge in [-0.2, -0.15) is 0 Å². The second-order valence-corrected chi connectivity index (χ2v) is 5.86. The van der Waals surface area contributed by atoms with E-state index in [1.165, 1.54) is 11.6 Å². The lowest BCUT2D eigenvalue weighted by atomic mass is 9.96. The van der Waals surface area contributed by atoms with E-state index >= 15 is 0 Å². The molecule has 0 nitrogen and oxygen atoms in total. The normalized spacial score (nSPS) is 14.1. The molecule has 0 N–H and O–H groups in total. The maximum absolute atomic E-state index is 13.2. The van der Waals surface area contributed by atoms with Gasteiger partial charge in [-0.05, 0) is 41.2 Å². The minimum atomic E-state index is -0.425. The Kier molecular flexibility index (Phi) is 5.06. The summed E-state index contributed by atoms with van der Waals surface area (Å²) >= 11 is 12.2. The third-order valence-electron chi connectivity index (χ3n) is 3.65. The summed E-state index contributed by atoms with van der Waals surface area (Å²) in [6, 6.07) is 12.8. The molecule has 0 aliphatic heterocycles. The van der Waals surface area contributed by atoms with Gasteiger partial charge in [-0.15, -0.1) is 11.6 Å². The molecular formula is C17H17Cl2F. The van der Waals surface area contributed by atoms with Gasteiger partial charge < -0.3 is 0 Å². The topological polar surface area (TPSA) is 0 Å². The molecule has 2 aromatic rings. The van der Waals surface area contributed by atoms with Gasteiger partial charge in [-0.1, -0.05) is 55.8 Å². The molecule has 0 saturated heterocycles. The van der Waals surface area contributed by atoms with E-state index < -0.39 is 5.82 Å². The molecular weight excluding hydrogens is 294 g/mol. The highest BCUT2D eigenvalue weighted by Gasteiger charge is 2.13. The molecule has 0 aromatic heterocycles. The van der Waals surface area contributed by atoms with E-state index in [0.717, 1.165) is 17.5 Å². The van der Waals surface area contributed by atoms with Crippen LogP contribution in [0, 0.1) is 5.82 Å². The first-order valence-corrected chi connectivity index (χ1v) is 7.53. The molecule has 0 saturated carbocycles. The van der Waals surface area contributed by atoms with Crippen molar-refractivity contribution < 1.29 is 4.39 Å². The molecule has 106 valence electrons. The van der Waals surface area contributed by atoms with E-state index in [-0.39, 0.29) is 10.4 Å². The molecule has 0 heterocycles. The number of alkyl halides is 1. The van der Waals surface area contributed by atoms with Gasteiger partial charge in [0.25, 0.3) is 0 Å². The van der Waals surface area contributed by atoms with Gasteiger partial charge in [0.15, 0.2) is 0 Å². The van der Waals surface area contributed by atoms with Crippen LogP contribution in [0.5, 0.6) is 0 Å². The molecule has 2 aromatic carbocycles. The minimum Gasteiger partial charge on any atom is -0.205 e. The monoisotopic (exact) mass is 310 g/mol. The highest BCUT2D eigenvalue weighted by Crippen LogP contribution is 2.32. The number of benzene rings is 2. The van der Waals surface area contributed by atoms with Crippen LogP contribution in [-0.4, -0.2) is 0 Å². The maximum atomic E-state index is 13.2. The molecule has 0 aliphatic carbocycles. The van der Waals surface area contributed by atoms with Crippen LogP contribution in [0.3, 0.4) is 0 Å². The highest BCUT2D eigenvalue weighted by atomic mass is 35.5. The van der Waals surface area contributed by atoms with Crippen LogP contribution >= 0.6 is 23.2 Å². The van der Waals surface area contributed by atoms with E-state index in [2.05, 4.69) is 26.0 Å². The standard InChI is InChI=1S/C17H17Cl2F/c1-3-11(2)12-4-6-13(7-5-12)17(19)14-8-9-16(20)15(18)10-14/h4-11,17H,3H2,1-2H3. The first-order valence-electron chi connectivity index (χ1n) is 6.71. The zero-order valence-corrected chi connectivity index (χ0v) is 13.0. The highest BCUT2D eigenvalue weighted by molar-refractivity contribution is 6.31. The van der Waals surface area contributed by atoms with Crippen LogP contribution in [0.1, 0.15) is 48.3 Å². The van der Waals surface area contributed by atoms with Gasteiger partial charge in [0.2, 0.25) is 0 Å². The quantitative estimate of drug-likeness (QED) is 0.579. The summed E-state index contributed by atoms with van der Waals surface area (Å²) < 4.78 is 13.2. The van der Waals surface area contributed by atoms with Crippen LogP contribution in [0.4, 0.5) is 4.39 Å². The van der Waals surface area contributed by atoms with E-state index in [9.17, 15) is 4.39 Å². The summed E-state index contributed by atoms with van der Waals surface area (Å²) in [5, 5.41) is -0.219. The van der Waals surface area contributed by atoms with Crippen molar-refractivity contribution in [1.29, 1.82) is 0 Å². The van der Waals surface area contributed by atoms with Crippen molar-refractivity contribution in [3.05, 3.63) is 70.0 Å². The SMILES string of the molecule is CCC(C)c1ccc(C(Cl)c2ccc(F)c(Cl)c2)cc1. The molecule has 2 rings (SSSR count). The fourth-order valence-corrected chi connectivity index (χ4v) is 2.56. The van der Waals surface area contributed by atoms with E-state index in [1.54, 1.807) is 12.1 Å². The fourth-order valence-electron chi connectivity index (χ4n) is 2.09. The number of hydrogen-bond acceptors (Lipinski definition) is 0. The Morgan fingerprint density at radius 3 is 2.10 bits per heavy atom. The maximum Gasteiger partial charge on any atom is 0.141 e. The Labute approximate surface area is 129 Å². The minimum absolute atomic E-state index is 0.101. The summed E-state index contributed by atoms with van der Waals surface area (Å²) in [4.78, 5) is 0. The average molecular weight is 311 g/mol. The average Bonchev–Trinajstić information content (AvgIpc) is 2.48. The molecule has 0 bridgehead atoms. The zero-order chi connectivity index (χ0) is 14.7. The van der Waals surface area contributed by atoms with E-state index in [1.807, 2.05) is 12.1 Å².